The van der Waals surface area contributed by atoms with Gasteiger partial charge in [0.2, 0.25) is 0 Å². The van der Waals surface area contributed by atoms with Gasteiger partial charge in [-0.3, -0.25) is 9.36 Å². The number of benzene rings is 3. The van der Waals surface area contributed by atoms with E-state index in [0.29, 0.717) is 11.5 Å². The minimum absolute atomic E-state index is 0.0120. The minimum atomic E-state index is -1.13. The summed E-state index contributed by atoms with van der Waals surface area (Å²) in [6.45, 7) is 1.45. The molecule has 0 saturated carbocycles. The number of hydrogen-bond acceptors (Lipinski definition) is 11. The van der Waals surface area contributed by atoms with E-state index >= 15 is 0 Å². The first-order valence-corrected chi connectivity index (χ1v) is 15.3. The fourth-order valence-corrected chi connectivity index (χ4v) is 6.36. The molecular weight excluding hydrogens is 618 g/mol. The van der Waals surface area contributed by atoms with Crippen molar-refractivity contribution < 1.29 is 33.2 Å². The summed E-state index contributed by atoms with van der Waals surface area (Å²) < 4.78 is 39.1. The summed E-state index contributed by atoms with van der Waals surface area (Å²) in [6, 6.07) is 26.8. The van der Waals surface area contributed by atoms with Gasteiger partial charge in [0.1, 0.15) is 41.5 Å². The number of fused-ring (bicyclic) bond motifs is 1. The second kappa shape index (κ2) is 12.7. The van der Waals surface area contributed by atoms with Crippen LogP contribution in [0.4, 0.5) is 0 Å². The molecule has 13 heteroatoms. The monoisotopic (exact) mass is 651 g/mol. The van der Waals surface area contributed by atoms with Crippen LogP contribution in [-0.4, -0.2) is 75.5 Å². The Bertz CT molecular complexity index is 1890. The lowest BCUT2D eigenvalue weighted by Gasteiger charge is -2.46. The molecule has 13 nitrogen and oxygen atoms in total. The van der Waals surface area contributed by atoms with Crippen molar-refractivity contribution >= 4 is 5.97 Å². The van der Waals surface area contributed by atoms with Gasteiger partial charge in [-0.2, -0.15) is 10.1 Å². The van der Waals surface area contributed by atoms with Gasteiger partial charge in [-0.25, -0.2) is 14.5 Å². The number of hydrogen-bond donors (Lipinski definition) is 0. The van der Waals surface area contributed by atoms with Crippen LogP contribution in [0.1, 0.15) is 29.8 Å². The molecule has 2 aliphatic rings. The molecule has 48 heavy (non-hydrogen) atoms. The molecule has 5 aromatic rings. The van der Waals surface area contributed by atoms with Crippen molar-refractivity contribution in [2.45, 2.75) is 36.6 Å². The molecule has 0 aliphatic carbocycles. The fourth-order valence-electron chi connectivity index (χ4n) is 6.36. The third-order valence-corrected chi connectivity index (χ3v) is 8.71. The molecule has 246 valence electrons. The van der Waals surface area contributed by atoms with E-state index in [-0.39, 0.29) is 19.0 Å². The van der Waals surface area contributed by atoms with Crippen LogP contribution in [0.3, 0.4) is 0 Å². The van der Waals surface area contributed by atoms with Gasteiger partial charge in [0.25, 0.3) is 0 Å². The van der Waals surface area contributed by atoms with Crippen molar-refractivity contribution in [2.24, 2.45) is 0 Å². The third kappa shape index (κ3) is 5.41. The first-order valence-electron chi connectivity index (χ1n) is 15.3. The summed E-state index contributed by atoms with van der Waals surface area (Å²) in [4.78, 5) is 33.7. The standard InChI is InChI=1S/C35H33N5O8/c1-23(41)47-30-31-34(19-45-31,48-32(30)39-18-17-29(38-33(39)42)40-22-36-21-37-40)20-46-35(24-7-5-4-6-8-24,25-9-13-27(43-2)14-10-25)26-11-15-28(44-3)16-12-26/h4-18,21-22,30-32H,19-20H2,1-3H3/t30-,31+,32-,34-/m1/s1. The van der Waals surface area contributed by atoms with Gasteiger partial charge in [0, 0.05) is 13.1 Å². The van der Waals surface area contributed by atoms with Gasteiger partial charge in [-0.05, 0) is 47.0 Å². The molecule has 4 heterocycles. The van der Waals surface area contributed by atoms with Crippen LogP contribution in [-0.2, 0) is 29.3 Å². The van der Waals surface area contributed by atoms with Crippen LogP contribution in [0.25, 0.3) is 5.82 Å². The zero-order valence-electron chi connectivity index (χ0n) is 26.5. The Morgan fingerprint density at radius 1 is 0.938 bits per heavy atom. The number of nitrogens with zero attached hydrogens (tertiary/aromatic N) is 5. The highest BCUT2D eigenvalue weighted by Gasteiger charge is 2.65. The lowest BCUT2D eigenvalue weighted by atomic mass is 9.79. The Hall–Kier alpha value is -5.37. The van der Waals surface area contributed by atoms with E-state index in [1.165, 1.54) is 35.0 Å². The number of aromatic nitrogens is 5. The van der Waals surface area contributed by atoms with E-state index in [4.69, 9.17) is 28.4 Å². The number of methoxy groups -OCH3 is 2. The summed E-state index contributed by atoms with van der Waals surface area (Å²) in [6.07, 6.45) is 1.58. The quantitative estimate of drug-likeness (QED) is 0.153. The molecule has 0 unspecified atom stereocenters. The van der Waals surface area contributed by atoms with E-state index in [0.717, 1.165) is 16.7 Å². The highest BCUT2D eigenvalue weighted by atomic mass is 16.7. The van der Waals surface area contributed by atoms with Gasteiger partial charge >= 0.3 is 11.7 Å². The van der Waals surface area contributed by atoms with Crippen molar-refractivity contribution in [1.82, 2.24) is 24.3 Å². The number of carbonyl (C=O) groups excluding carboxylic acids is 1. The zero-order chi connectivity index (χ0) is 33.3. The second-order valence-corrected chi connectivity index (χ2v) is 11.5. The van der Waals surface area contributed by atoms with Crippen molar-refractivity contribution in [3.8, 4) is 17.3 Å². The van der Waals surface area contributed by atoms with E-state index in [9.17, 15) is 9.59 Å². The average molecular weight is 652 g/mol. The van der Waals surface area contributed by atoms with Gasteiger partial charge in [0.05, 0.1) is 27.4 Å². The van der Waals surface area contributed by atoms with Crippen LogP contribution < -0.4 is 15.2 Å². The minimum Gasteiger partial charge on any atom is -0.497 e. The molecular formula is C35H33N5O8. The normalized spacial score (nSPS) is 21.6. The molecule has 2 aliphatic heterocycles. The maximum Gasteiger partial charge on any atom is 0.351 e. The number of carbonyl (C=O) groups is 1. The van der Waals surface area contributed by atoms with Crippen molar-refractivity contribution in [2.75, 3.05) is 27.4 Å². The smallest absolute Gasteiger partial charge is 0.351 e. The van der Waals surface area contributed by atoms with Gasteiger partial charge in [-0.15, -0.1) is 0 Å². The zero-order valence-corrected chi connectivity index (χ0v) is 26.5. The van der Waals surface area contributed by atoms with E-state index < -0.39 is 41.3 Å². The van der Waals surface area contributed by atoms with Gasteiger partial charge in [-0.1, -0.05) is 54.6 Å². The SMILES string of the molecule is COc1ccc(C(OC[C@]23CO[C@H]2[C@@H](OC(C)=O)[C@H](n2ccc(-n4cncn4)nc2=O)O3)(c2ccccc2)c2ccc(OC)cc2)cc1. The molecule has 0 N–H and O–H groups in total. The maximum absolute atomic E-state index is 13.3. The lowest BCUT2D eigenvalue weighted by molar-refractivity contribution is -0.261. The first kappa shape index (κ1) is 31.2. The van der Waals surface area contributed by atoms with Crippen molar-refractivity contribution in [1.29, 1.82) is 0 Å². The number of esters is 1. The fraction of sp³-hybridized carbons (Fsp3) is 0.286. The molecule has 0 bridgehead atoms. The van der Waals surface area contributed by atoms with Crippen LogP contribution in [0, 0.1) is 0 Å². The van der Waals surface area contributed by atoms with Crippen LogP contribution >= 0.6 is 0 Å². The Kier molecular flexibility index (Phi) is 8.25. The van der Waals surface area contributed by atoms with Crippen molar-refractivity contribution in [3.63, 3.8) is 0 Å². The Morgan fingerprint density at radius 2 is 1.58 bits per heavy atom. The Balaban J connectivity index is 1.29. The number of rotatable bonds is 11. The van der Waals surface area contributed by atoms with Gasteiger partial charge in [0.15, 0.2) is 18.1 Å². The lowest BCUT2D eigenvalue weighted by Crippen LogP contribution is -2.62. The molecule has 7 rings (SSSR count). The van der Waals surface area contributed by atoms with Gasteiger partial charge < -0.3 is 28.4 Å². The predicted molar refractivity (Wildman–Crippen MR) is 170 cm³/mol. The summed E-state index contributed by atoms with van der Waals surface area (Å²) >= 11 is 0. The summed E-state index contributed by atoms with van der Waals surface area (Å²) in [5, 5.41) is 4.04. The van der Waals surface area contributed by atoms with Crippen LogP contribution in [0.2, 0.25) is 0 Å². The number of ether oxygens (including phenoxy) is 6. The summed E-state index contributed by atoms with van der Waals surface area (Å²) in [7, 11) is 3.23. The molecule has 0 amide bonds. The highest BCUT2D eigenvalue weighted by molar-refractivity contribution is 5.66. The molecule has 4 atom stereocenters. The van der Waals surface area contributed by atoms with E-state index in [1.807, 2.05) is 78.9 Å². The van der Waals surface area contributed by atoms with E-state index in [1.54, 1.807) is 20.3 Å². The third-order valence-electron chi connectivity index (χ3n) is 8.71. The molecule has 0 spiro atoms. The Labute approximate surface area is 275 Å². The second-order valence-electron chi connectivity index (χ2n) is 11.5. The highest BCUT2D eigenvalue weighted by Crippen LogP contribution is 2.49. The van der Waals surface area contributed by atoms with Crippen molar-refractivity contribution in [3.05, 3.63) is 131 Å². The van der Waals surface area contributed by atoms with Crippen LogP contribution in [0.5, 0.6) is 11.5 Å². The molecule has 2 fully saturated rings. The average Bonchev–Trinajstić information content (AvgIpc) is 3.71. The molecule has 3 aromatic carbocycles. The molecule has 0 radical (unpaired) electrons. The predicted octanol–water partition coefficient (Wildman–Crippen LogP) is 3.45. The topological polar surface area (TPSA) is 138 Å². The molecule has 2 saturated heterocycles. The molecule has 2 aromatic heterocycles. The summed E-state index contributed by atoms with van der Waals surface area (Å²) in [5.41, 5.74) is -0.300. The van der Waals surface area contributed by atoms with Crippen LogP contribution in [0.15, 0.2) is 109 Å². The summed E-state index contributed by atoms with van der Waals surface area (Å²) in [5.74, 6) is 1.12. The van der Waals surface area contributed by atoms with E-state index in [2.05, 4.69) is 15.1 Å². The Morgan fingerprint density at radius 3 is 2.10 bits per heavy atom. The largest absolute Gasteiger partial charge is 0.497 e. The first-order chi connectivity index (χ1) is 23.4. The maximum atomic E-state index is 13.3.